The van der Waals surface area contributed by atoms with Gasteiger partial charge in [0.05, 0.1) is 35.8 Å². The summed E-state index contributed by atoms with van der Waals surface area (Å²) in [5.74, 6) is 0.923. The second-order valence-corrected chi connectivity index (χ2v) is 8.42. The second kappa shape index (κ2) is 9.40. The van der Waals surface area contributed by atoms with Crippen LogP contribution in [0.3, 0.4) is 0 Å². The van der Waals surface area contributed by atoms with Crippen molar-refractivity contribution in [1.29, 1.82) is 0 Å². The Hall–Kier alpha value is -3.75. The van der Waals surface area contributed by atoms with Crippen molar-refractivity contribution in [2.75, 3.05) is 25.5 Å². The Morgan fingerprint density at radius 1 is 1.21 bits per heavy atom. The van der Waals surface area contributed by atoms with Gasteiger partial charge in [-0.1, -0.05) is 12.1 Å². The van der Waals surface area contributed by atoms with Crippen LogP contribution in [0.1, 0.15) is 64.5 Å². The molecule has 1 fully saturated rings. The Bertz CT molecular complexity index is 1170. The van der Waals surface area contributed by atoms with Gasteiger partial charge in [0, 0.05) is 37.4 Å². The molecule has 1 aliphatic rings. The van der Waals surface area contributed by atoms with Crippen molar-refractivity contribution < 1.29 is 14.3 Å². The van der Waals surface area contributed by atoms with E-state index in [-0.39, 0.29) is 23.8 Å². The molecule has 0 radical (unpaired) electrons. The lowest BCUT2D eigenvalue weighted by atomic mass is 10.1. The standard InChI is InChI=1S/C24H28N6O3/c1-15(2)30-14-18(11-26-30)24(32)29-10-9-17(13-29)22-25-12-19(16(3)27-22)23(31)28-20-7-5-6-8-21(20)33-4/h5-8,11-12,14-15,17H,9-10,13H2,1-4H3,(H,28,31)/t17-/m1/s1. The number of nitrogens with zero attached hydrogens (tertiary/aromatic N) is 5. The third-order valence-electron chi connectivity index (χ3n) is 5.82. The summed E-state index contributed by atoms with van der Waals surface area (Å²) >= 11 is 0. The number of carbonyl (C=O) groups is 2. The fraction of sp³-hybridized carbons (Fsp3) is 0.375. The van der Waals surface area contributed by atoms with E-state index in [1.165, 1.54) is 0 Å². The van der Waals surface area contributed by atoms with Gasteiger partial charge in [0.2, 0.25) is 0 Å². The highest BCUT2D eigenvalue weighted by molar-refractivity contribution is 6.05. The number of ether oxygens (including phenoxy) is 1. The van der Waals surface area contributed by atoms with Crippen LogP contribution in [-0.2, 0) is 0 Å². The van der Waals surface area contributed by atoms with Crippen LogP contribution in [0.4, 0.5) is 5.69 Å². The van der Waals surface area contributed by atoms with Crippen LogP contribution in [0, 0.1) is 6.92 Å². The van der Waals surface area contributed by atoms with E-state index < -0.39 is 0 Å². The largest absolute Gasteiger partial charge is 0.495 e. The first-order valence-electron chi connectivity index (χ1n) is 11.0. The quantitative estimate of drug-likeness (QED) is 0.620. The first-order valence-corrected chi connectivity index (χ1v) is 11.0. The molecule has 1 saturated heterocycles. The molecule has 2 amide bonds. The lowest BCUT2D eigenvalue weighted by Gasteiger charge is -2.16. The molecule has 1 aliphatic heterocycles. The first-order chi connectivity index (χ1) is 15.9. The fourth-order valence-electron chi connectivity index (χ4n) is 3.91. The minimum Gasteiger partial charge on any atom is -0.495 e. The lowest BCUT2D eigenvalue weighted by Crippen LogP contribution is -2.28. The van der Waals surface area contributed by atoms with Crippen molar-refractivity contribution in [3.05, 3.63) is 65.5 Å². The molecule has 0 spiro atoms. The molecular weight excluding hydrogens is 420 g/mol. The Labute approximate surface area is 192 Å². The Morgan fingerprint density at radius 3 is 2.70 bits per heavy atom. The maximum Gasteiger partial charge on any atom is 0.259 e. The smallest absolute Gasteiger partial charge is 0.259 e. The molecule has 0 unspecified atom stereocenters. The fourth-order valence-corrected chi connectivity index (χ4v) is 3.91. The number of rotatable bonds is 6. The zero-order valence-corrected chi connectivity index (χ0v) is 19.3. The number of aromatic nitrogens is 4. The van der Waals surface area contributed by atoms with Gasteiger partial charge < -0.3 is 15.0 Å². The third kappa shape index (κ3) is 4.72. The molecule has 3 heterocycles. The van der Waals surface area contributed by atoms with Gasteiger partial charge in [-0.3, -0.25) is 14.3 Å². The van der Waals surface area contributed by atoms with E-state index >= 15 is 0 Å². The number of benzene rings is 1. The van der Waals surface area contributed by atoms with E-state index in [0.29, 0.717) is 47.2 Å². The molecule has 3 aromatic rings. The normalized spacial score (nSPS) is 15.7. The average Bonchev–Trinajstić information content (AvgIpc) is 3.49. The Kier molecular flexibility index (Phi) is 6.39. The molecule has 1 atom stereocenters. The van der Waals surface area contributed by atoms with Crippen molar-refractivity contribution >= 4 is 17.5 Å². The van der Waals surface area contributed by atoms with Crippen molar-refractivity contribution in [2.24, 2.45) is 0 Å². The number of hydrogen-bond donors (Lipinski definition) is 1. The summed E-state index contributed by atoms with van der Waals surface area (Å²) in [7, 11) is 1.56. The minimum absolute atomic E-state index is 0.0270. The highest BCUT2D eigenvalue weighted by Crippen LogP contribution is 2.27. The number of para-hydroxylation sites is 2. The van der Waals surface area contributed by atoms with Gasteiger partial charge in [0.1, 0.15) is 11.6 Å². The molecule has 172 valence electrons. The van der Waals surface area contributed by atoms with Gasteiger partial charge in [0.15, 0.2) is 0 Å². The first kappa shape index (κ1) is 22.4. The molecule has 0 aliphatic carbocycles. The van der Waals surface area contributed by atoms with Crippen molar-refractivity contribution in [1.82, 2.24) is 24.6 Å². The van der Waals surface area contributed by atoms with Gasteiger partial charge in [-0.15, -0.1) is 0 Å². The predicted molar refractivity (Wildman–Crippen MR) is 124 cm³/mol. The van der Waals surface area contributed by atoms with E-state index in [1.54, 1.807) is 49.4 Å². The number of methoxy groups -OCH3 is 1. The van der Waals surface area contributed by atoms with Crippen molar-refractivity contribution in [2.45, 2.75) is 39.2 Å². The molecule has 33 heavy (non-hydrogen) atoms. The second-order valence-electron chi connectivity index (χ2n) is 8.42. The summed E-state index contributed by atoms with van der Waals surface area (Å²) in [4.78, 5) is 36.5. The van der Waals surface area contributed by atoms with Crippen LogP contribution in [0.15, 0.2) is 42.9 Å². The van der Waals surface area contributed by atoms with Gasteiger partial charge >= 0.3 is 0 Å². The molecule has 9 nitrogen and oxygen atoms in total. The number of likely N-dealkylation sites (tertiary alicyclic amines) is 1. The van der Waals surface area contributed by atoms with Gasteiger partial charge in [-0.25, -0.2) is 9.97 Å². The molecular formula is C24H28N6O3. The lowest BCUT2D eigenvalue weighted by molar-refractivity contribution is 0.0790. The van der Waals surface area contributed by atoms with Gasteiger partial charge in [0.25, 0.3) is 11.8 Å². The monoisotopic (exact) mass is 448 g/mol. The van der Waals surface area contributed by atoms with Crippen molar-refractivity contribution in [3.8, 4) is 5.75 Å². The van der Waals surface area contributed by atoms with Crippen LogP contribution in [-0.4, -0.2) is 56.7 Å². The van der Waals surface area contributed by atoms with Gasteiger partial charge in [-0.05, 0) is 39.3 Å². The number of nitrogens with one attached hydrogen (secondary N) is 1. The van der Waals surface area contributed by atoms with E-state index in [0.717, 1.165) is 6.42 Å². The summed E-state index contributed by atoms with van der Waals surface area (Å²) in [5, 5.41) is 7.12. The highest BCUT2D eigenvalue weighted by Gasteiger charge is 2.31. The van der Waals surface area contributed by atoms with Crippen LogP contribution in [0.2, 0.25) is 0 Å². The van der Waals surface area contributed by atoms with E-state index in [4.69, 9.17) is 4.74 Å². The molecule has 1 N–H and O–H groups in total. The van der Waals surface area contributed by atoms with Crippen LogP contribution in [0.25, 0.3) is 0 Å². The Balaban J connectivity index is 1.43. The molecule has 0 saturated carbocycles. The summed E-state index contributed by atoms with van der Waals surface area (Å²) in [5.41, 5.74) is 2.16. The maximum absolute atomic E-state index is 12.9. The maximum atomic E-state index is 12.9. The highest BCUT2D eigenvalue weighted by atomic mass is 16.5. The summed E-state index contributed by atoms with van der Waals surface area (Å²) < 4.78 is 7.07. The summed E-state index contributed by atoms with van der Waals surface area (Å²) in [6, 6.07) is 7.42. The molecule has 2 aromatic heterocycles. The molecule has 1 aromatic carbocycles. The van der Waals surface area contributed by atoms with Crippen LogP contribution >= 0.6 is 0 Å². The zero-order valence-electron chi connectivity index (χ0n) is 19.3. The van der Waals surface area contributed by atoms with Crippen molar-refractivity contribution in [3.63, 3.8) is 0 Å². The number of anilines is 1. The average molecular weight is 449 g/mol. The summed E-state index contributed by atoms with van der Waals surface area (Å²) in [6.45, 7) is 7.01. The number of carbonyl (C=O) groups excluding carboxylic acids is 2. The van der Waals surface area contributed by atoms with Crippen LogP contribution < -0.4 is 10.1 Å². The molecule has 4 rings (SSSR count). The Morgan fingerprint density at radius 2 is 2.00 bits per heavy atom. The number of aryl methyl sites for hydroxylation is 1. The van der Waals surface area contributed by atoms with Crippen LogP contribution in [0.5, 0.6) is 5.75 Å². The summed E-state index contributed by atoms with van der Waals surface area (Å²) in [6.07, 6.45) is 5.73. The van der Waals surface area contributed by atoms with E-state index in [9.17, 15) is 9.59 Å². The van der Waals surface area contributed by atoms with E-state index in [1.807, 2.05) is 30.9 Å². The number of hydrogen-bond acceptors (Lipinski definition) is 6. The minimum atomic E-state index is -0.297. The van der Waals surface area contributed by atoms with E-state index in [2.05, 4.69) is 20.4 Å². The molecule has 9 heteroatoms. The topological polar surface area (TPSA) is 102 Å². The molecule has 0 bridgehead atoms. The SMILES string of the molecule is COc1ccccc1NC(=O)c1cnc([C@@H]2CCN(C(=O)c3cnn(C(C)C)c3)C2)nc1C. The number of amides is 2. The van der Waals surface area contributed by atoms with Gasteiger partial charge in [-0.2, -0.15) is 5.10 Å². The zero-order chi connectivity index (χ0) is 23.5. The predicted octanol–water partition coefficient (Wildman–Crippen LogP) is 3.45. The third-order valence-corrected chi connectivity index (χ3v) is 5.82.